The van der Waals surface area contributed by atoms with Crippen molar-refractivity contribution in [3.63, 3.8) is 0 Å². The summed E-state index contributed by atoms with van der Waals surface area (Å²) in [6.07, 6.45) is 4.92. The third kappa shape index (κ3) is 1.37. The van der Waals surface area contributed by atoms with Crippen LogP contribution in [-0.2, 0) is 6.42 Å². The van der Waals surface area contributed by atoms with Gasteiger partial charge in [-0.25, -0.2) is 4.98 Å². The lowest BCUT2D eigenvalue weighted by molar-refractivity contribution is 0.340. The maximum atomic E-state index is 5.87. The van der Waals surface area contributed by atoms with Gasteiger partial charge in [-0.2, -0.15) is 0 Å². The van der Waals surface area contributed by atoms with Gasteiger partial charge in [0.1, 0.15) is 5.82 Å². The fourth-order valence-electron chi connectivity index (χ4n) is 2.00. The molecular formula is C11H14N4. The van der Waals surface area contributed by atoms with Crippen LogP contribution in [0.3, 0.4) is 0 Å². The molecule has 4 nitrogen and oxygen atoms in total. The lowest BCUT2D eigenvalue weighted by atomic mass is 9.99. The van der Waals surface area contributed by atoms with E-state index in [9.17, 15) is 0 Å². The van der Waals surface area contributed by atoms with Gasteiger partial charge in [-0.05, 0) is 31.1 Å². The molecule has 0 bridgehead atoms. The number of nitrogens with zero attached hydrogens (tertiary/aromatic N) is 2. The molecule has 1 aliphatic heterocycles. The Bertz CT molecular complexity index is 484. The van der Waals surface area contributed by atoms with Gasteiger partial charge < -0.3 is 15.5 Å². The molecule has 2 aromatic rings. The topological polar surface area (TPSA) is 55.4 Å². The Labute approximate surface area is 88.1 Å². The highest BCUT2D eigenvalue weighted by Crippen LogP contribution is 2.17. The number of nitrogens with one attached hydrogen (secondary N) is 1. The molecule has 0 aliphatic carbocycles. The number of aromatic nitrogens is 2. The van der Waals surface area contributed by atoms with E-state index in [0.717, 1.165) is 42.5 Å². The summed E-state index contributed by atoms with van der Waals surface area (Å²) in [5.74, 6) is 1.85. The molecule has 0 saturated carbocycles. The molecule has 0 unspecified atom stereocenters. The molecular weight excluding hydrogens is 188 g/mol. The van der Waals surface area contributed by atoms with Crippen molar-refractivity contribution >= 4 is 11.2 Å². The van der Waals surface area contributed by atoms with Crippen LogP contribution in [-0.4, -0.2) is 22.5 Å². The Hall–Kier alpha value is -1.55. The standard InChI is InChI=1S/C11H14N4/c12-9-2-1-3-15-10(9)7-14-11(15)4-8-5-13-6-8/h1-3,7-8,13H,4-6,12H2. The van der Waals surface area contributed by atoms with Crippen LogP contribution >= 0.6 is 0 Å². The van der Waals surface area contributed by atoms with Gasteiger partial charge in [0.2, 0.25) is 0 Å². The lowest BCUT2D eigenvalue weighted by Crippen LogP contribution is -2.43. The second kappa shape index (κ2) is 3.24. The van der Waals surface area contributed by atoms with Crippen LogP contribution in [0.1, 0.15) is 5.82 Å². The summed E-state index contributed by atoms with van der Waals surface area (Å²) >= 11 is 0. The van der Waals surface area contributed by atoms with Crippen molar-refractivity contribution in [2.24, 2.45) is 5.92 Å². The predicted molar refractivity (Wildman–Crippen MR) is 59.7 cm³/mol. The summed E-state index contributed by atoms with van der Waals surface area (Å²) in [5.41, 5.74) is 7.68. The highest BCUT2D eigenvalue weighted by Gasteiger charge is 2.19. The van der Waals surface area contributed by atoms with Crippen LogP contribution in [0.2, 0.25) is 0 Å². The van der Waals surface area contributed by atoms with Crippen LogP contribution in [0.5, 0.6) is 0 Å². The third-order valence-corrected chi connectivity index (χ3v) is 3.02. The van der Waals surface area contributed by atoms with Gasteiger partial charge in [0.15, 0.2) is 0 Å². The van der Waals surface area contributed by atoms with E-state index in [1.807, 2.05) is 24.5 Å². The highest BCUT2D eigenvalue weighted by atomic mass is 15.0. The summed E-state index contributed by atoms with van der Waals surface area (Å²) in [4.78, 5) is 4.43. The van der Waals surface area contributed by atoms with Gasteiger partial charge >= 0.3 is 0 Å². The lowest BCUT2D eigenvalue weighted by Gasteiger charge is -2.26. The van der Waals surface area contributed by atoms with Gasteiger partial charge in [-0.3, -0.25) is 0 Å². The summed E-state index contributed by atoms with van der Waals surface area (Å²) in [7, 11) is 0. The van der Waals surface area contributed by atoms with Crippen LogP contribution in [0.15, 0.2) is 24.5 Å². The van der Waals surface area contributed by atoms with Crippen molar-refractivity contribution in [1.82, 2.24) is 14.7 Å². The van der Waals surface area contributed by atoms with Crippen molar-refractivity contribution in [3.05, 3.63) is 30.4 Å². The number of rotatable bonds is 2. The molecule has 1 fully saturated rings. The molecule has 1 saturated heterocycles. The first-order chi connectivity index (χ1) is 7.34. The minimum Gasteiger partial charge on any atom is -0.397 e. The van der Waals surface area contributed by atoms with Crippen molar-refractivity contribution in [1.29, 1.82) is 0 Å². The number of anilines is 1. The quantitative estimate of drug-likeness (QED) is 0.753. The summed E-state index contributed by atoms with van der Waals surface area (Å²) in [5, 5.41) is 3.27. The zero-order chi connectivity index (χ0) is 10.3. The Kier molecular flexibility index (Phi) is 1.89. The number of nitrogens with two attached hydrogens (primary N) is 1. The number of hydrogen-bond donors (Lipinski definition) is 2. The van der Waals surface area contributed by atoms with E-state index in [2.05, 4.69) is 14.7 Å². The molecule has 4 heteroatoms. The van der Waals surface area contributed by atoms with E-state index in [-0.39, 0.29) is 0 Å². The minimum atomic E-state index is 0.733. The van der Waals surface area contributed by atoms with Crippen molar-refractivity contribution in [3.8, 4) is 0 Å². The molecule has 0 atom stereocenters. The second-order valence-electron chi connectivity index (χ2n) is 4.12. The number of hydrogen-bond acceptors (Lipinski definition) is 3. The molecule has 3 rings (SSSR count). The van der Waals surface area contributed by atoms with E-state index in [1.54, 1.807) is 0 Å². The van der Waals surface area contributed by atoms with E-state index in [1.165, 1.54) is 0 Å². The van der Waals surface area contributed by atoms with Gasteiger partial charge in [0.25, 0.3) is 0 Å². The minimum absolute atomic E-state index is 0.733. The summed E-state index contributed by atoms with van der Waals surface area (Å²) in [6, 6.07) is 3.87. The molecule has 2 aromatic heterocycles. The predicted octanol–water partition coefficient (Wildman–Crippen LogP) is 0.678. The maximum absolute atomic E-state index is 5.87. The number of fused-ring (bicyclic) bond motifs is 1. The van der Waals surface area contributed by atoms with Crippen molar-refractivity contribution < 1.29 is 0 Å². The van der Waals surface area contributed by atoms with E-state index in [4.69, 9.17) is 5.73 Å². The first-order valence-electron chi connectivity index (χ1n) is 5.26. The fourth-order valence-corrected chi connectivity index (χ4v) is 2.00. The first kappa shape index (κ1) is 8.73. The average Bonchev–Trinajstić information content (AvgIpc) is 2.56. The zero-order valence-corrected chi connectivity index (χ0v) is 8.48. The van der Waals surface area contributed by atoms with Gasteiger partial charge in [0.05, 0.1) is 17.4 Å². The third-order valence-electron chi connectivity index (χ3n) is 3.02. The largest absolute Gasteiger partial charge is 0.397 e. The van der Waals surface area contributed by atoms with Crippen molar-refractivity contribution in [2.45, 2.75) is 6.42 Å². The smallest absolute Gasteiger partial charge is 0.113 e. The molecule has 0 spiro atoms. The number of nitrogen functional groups attached to an aromatic ring is 1. The van der Waals surface area contributed by atoms with Crippen LogP contribution in [0.4, 0.5) is 5.69 Å². The molecule has 15 heavy (non-hydrogen) atoms. The molecule has 0 aromatic carbocycles. The molecule has 0 radical (unpaired) electrons. The van der Waals surface area contributed by atoms with E-state index < -0.39 is 0 Å². The van der Waals surface area contributed by atoms with Crippen molar-refractivity contribution in [2.75, 3.05) is 18.8 Å². The SMILES string of the molecule is Nc1cccn2c(CC3CNC3)ncc12. The average molecular weight is 202 g/mol. The molecule has 3 N–H and O–H groups in total. The first-order valence-corrected chi connectivity index (χ1v) is 5.26. The summed E-state index contributed by atoms with van der Waals surface area (Å²) < 4.78 is 2.09. The molecule has 3 heterocycles. The maximum Gasteiger partial charge on any atom is 0.113 e. The van der Waals surface area contributed by atoms with Gasteiger partial charge in [-0.15, -0.1) is 0 Å². The number of pyridine rings is 1. The van der Waals surface area contributed by atoms with Crippen LogP contribution < -0.4 is 11.1 Å². The second-order valence-corrected chi connectivity index (χ2v) is 4.12. The highest BCUT2D eigenvalue weighted by molar-refractivity contribution is 5.68. The Balaban J connectivity index is 2.00. The Morgan fingerprint density at radius 1 is 1.53 bits per heavy atom. The monoisotopic (exact) mass is 202 g/mol. The normalized spacial score (nSPS) is 16.8. The van der Waals surface area contributed by atoms with E-state index in [0.29, 0.717) is 0 Å². The molecule has 1 aliphatic rings. The Morgan fingerprint density at radius 2 is 2.40 bits per heavy atom. The molecule has 78 valence electrons. The van der Waals surface area contributed by atoms with E-state index >= 15 is 0 Å². The summed E-state index contributed by atoms with van der Waals surface area (Å²) in [6.45, 7) is 2.22. The van der Waals surface area contributed by atoms with Gasteiger partial charge in [0, 0.05) is 12.6 Å². The molecule has 0 amide bonds. The fraction of sp³-hybridized carbons (Fsp3) is 0.364. The van der Waals surface area contributed by atoms with Crippen LogP contribution in [0.25, 0.3) is 5.52 Å². The van der Waals surface area contributed by atoms with Gasteiger partial charge in [-0.1, -0.05) is 0 Å². The number of imidazole rings is 1. The Morgan fingerprint density at radius 3 is 3.13 bits per heavy atom. The zero-order valence-electron chi connectivity index (χ0n) is 8.48. The van der Waals surface area contributed by atoms with Crippen LogP contribution in [0, 0.1) is 5.92 Å².